The summed E-state index contributed by atoms with van der Waals surface area (Å²) in [5.41, 5.74) is 1.32. The third-order valence-corrected chi connectivity index (χ3v) is 2.85. The number of rotatable bonds is 1. The summed E-state index contributed by atoms with van der Waals surface area (Å²) in [5.74, 6) is 0.250. The van der Waals surface area contributed by atoms with Gasteiger partial charge in [0.05, 0.1) is 15.6 Å². The minimum atomic E-state index is -0.344. The Bertz CT molecular complexity index is 516. The number of allylic oxidation sites excluding steroid dienone is 1. The Labute approximate surface area is 103 Å². The van der Waals surface area contributed by atoms with Gasteiger partial charge in [0.15, 0.2) is 0 Å². The highest BCUT2D eigenvalue weighted by Crippen LogP contribution is 2.25. The second kappa shape index (κ2) is 4.32. The number of esters is 1. The molecule has 1 heterocycles. The largest absolute Gasteiger partial charge is 0.428 e. The van der Waals surface area contributed by atoms with E-state index in [1.165, 1.54) is 0 Å². The normalized spacial score (nSPS) is 17.6. The van der Waals surface area contributed by atoms with Crippen LogP contribution in [0.3, 0.4) is 0 Å². The monoisotopic (exact) mass is 254 g/mol. The SMILES string of the molecule is CC1=C/C(=C/c2ccc(Cl)c(Cl)c2)C(=O)O1. The molecule has 1 aliphatic rings. The maximum Gasteiger partial charge on any atom is 0.343 e. The molecule has 2 rings (SSSR count). The van der Waals surface area contributed by atoms with Crippen LogP contribution in [-0.4, -0.2) is 5.97 Å². The lowest BCUT2D eigenvalue weighted by atomic mass is 10.1. The van der Waals surface area contributed by atoms with Crippen LogP contribution >= 0.6 is 23.2 Å². The van der Waals surface area contributed by atoms with E-state index in [1.54, 1.807) is 37.3 Å². The van der Waals surface area contributed by atoms with Gasteiger partial charge in [-0.1, -0.05) is 29.3 Å². The highest BCUT2D eigenvalue weighted by Gasteiger charge is 2.17. The van der Waals surface area contributed by atoms with Gasteiger partial charge in [0.25, 0.3) is 0 Å². The summed E-state index contributed by atoms with van der Waals surface area (Å²) in [6, 6.07) is 5.18. The van der Waals surface area contributed by atoms with Crippen molar-refractivity contribution in [3.05, 3.63) is 51.2 Å². The summed E-state index contributed by atoms with van der Waals surface area (Å²) in [6.45, 7) is 1.73. The zero-order valence-corrected chi connectivity index (χ0v) is 9.97. The first-order valence-corrected chi connectivity index (χ1v) is 5.39. The molecule has 0 aromatic heterocycles. The molecule has 2 nitrogen and oxygen atoms in total. The Hall–Kier alpha value is -1.25. The second-order valence-corrected chi connectivity index (χ2v) is 4.23. The van der Waals surface area contributed by atoms with E-state index in [4.69, 9.17) is 27.9 Å². The molecule has 82 valence electrons. The van der Waals surface area contributed by atoms with Gasteiger partial charge in [0.2, 0.25) is 0 Å². The summed E-state index contributed by atoms with van der Waals surface area (Å²) in [6.07, 6.45) is 3.39. The zero-order chi connectivity index (χ0) is 11.7. The summed E-state index contributed by atoms with van der Waals surface area (Å²) in [5, 5.41) is 0.952. The Morgan fingerprint density at radius 3 is 2.56 bits per heavy atom. The lowest BCUT2D eigenvalue weighted by Crippen LogP contribution is -1.96. The molecule has 16 heavy (non-hydrogen) atoms. The van der Waals surface area contributed by atoms with Gasteiger partial charge in [0.1, 0.15) is 5.76 Å². The Morgan fingerprint density at radius 2 is 2.00 bits per heavy atom. The van der Waals surface area contributed by atoms with Crippen LogP contribution in [0.1, 0.15) is 12.5 Å². The van der Waals surface area contributed by atoms with Crippen molar-refractivity contribution in [3.8, 4) is 0 Å². The van der Waals surface area contributed by atoms with E-state index in [9.17, 15) is 4.79 Å². The maximum atomic E-state index is 11.3. The number of hydrogen-bond donors (Lipinski definition) is 0. The van der Waals surface area contributed by atoms with Crippen LogP contribution in [0, 0.1) is 0 Å². The summed E-state index contributed by atoms with van der Waals surface area (Å²) < 4.78 is 4.89. The second-order valence-electron chi connectivity index (χ2n) is 3.42. The van der Waals surface area contributed by atoms with Crippen molar-refractivity contribution in [2.24, 2.45) is 0 Å². The molecule has 0 N–H and O–H groups in total. The molecule has 0 unspecified atom stereocenters. The number of cyclic esters (lactones) is 1. The number of carbonyl (C=O) groups is 1. The fraction of sp³-hybridized carbons (Fsp3) is 0.0833. The molecular weight excluding hydrogens is 247 g/mol. The highest BCUT2D eigenvalue weighted by molar-refractivity contribution is 6.42. The number of halogens is 2. The molecule has 0 saturated heterocycles. The quantitative estimate of drug-likeness (QED) is 0.563. The molecule has 0 fully saturated rings. The fourth-order valence-corrected chi connectivity index (χ4v) is 1.70. The van der Waals surface area contributed by atoms with Crippen molar-refractivity contribution in [1.82, 2.24) is 0 Å². The smallest absolute Gasteiger partial charge is 0.343 e. The van der Waals surface area contributed by atoms with Gasteiger partial charge in [-0.25, -0.2) is 4.79 Å². The number of ether oxygens (including phenoxy) is 1. The van der Waals surface area contributed by atoms with Crippen molar-refractivity contribution in [3.63, 3.8) is 0 Å². The molecule has 0 radical (unpaired) electrons. The fourth-order valence-electron chi connectivity index (χ4n) is 1.39. The third kappa shape index (κ3) is 2.29. The van der Waals surface area contributed by atoms with Crippen LogP contribution < -0.4 is 0 Å². The first-order chi connectivity index (χ1) is 7.56. The van der Waals surface area contributed by atoms with E-state index in [0.717, 1.165) is 5.56 Å². The van der Waals surface area contributed by atoms with Gasteiger partial charge in [-0.05, 0) is 36.8 Å². The van der Waals surface area contributed by atoms with Crippen LogP contribution in [0.25, 0.3) is 6.08 Å². The van der Waals surface area contributed by atoms with Gasteiger partial charge >= 0.3 is 5.97 Å². The van der Waals surface area contributed by atoms with Crippen LogP contribution in [0.2, 0.25) is 10.0 Å². The summed E-state index contributed by atoms with van der Waals surface area (Å²) in [4.78, 5) is 11.3. The first kappa shape index (κ1) is 11.2. The average molecular weight is 255 g/mol. The minimum Gasteiger partial charge on any atom is -0.428 e. The molecule has 4 heteroatoms. The van der Waals surface area contributed by atoms with E-state index in [1.807, 2.05) is 0 Å². The summed E-state index contributed by atoms with van der Waals surface area (Å²) in [7, 11) is 0. The molecule has 0 spiro atoms. The van der Waals surface area contributed by atoms with Gasteiger partial charge in [-0.2, -0.15) is 0 Å². The Morgan fingerprint density at radius 1 is 1.25 bits per heavy atom. The molecule has 1 aromatic rings. The van der Waals surface area contributed by atoms with Crippen molar-refractivity contribution in [2.45, 2.75) is 6.92 Å². The lowest BCUT2D eigenvalue weighted by Gasteiger charge is -1.98. The first-order valence-electron chi connectivity index (χ1n) is 4.63. The average Bonchev–Trinajstić information content (AvgIpc) is 2.51. The molecule has 1 aromatic carbocycles. The van der Waals surface area contributed by atoms with E-state index < -0.39 is 0 Å². The van der Waals surface area contributed by atoms with Crippen molar-refractivity contribution < 1.29 is 9.53 Å². The van der Waals surface area contributed by atoms with E-state index in [0.29, 0.717) is 21.4 Å². The van der Waals surface area contributed by atoms with Crippen molar-refractivity contribution >= 4 is 35.2 Å². The number of carbonyl (C=O) groups excluding carboxylic acids is 1. The Kier molecular flexibility index (Phi) is 3.03. The molecule has 0 atom stereocenters. The van der Waals surface area contributed by atoms with E-state index in [-0.39, 0.29) is 5.97 Å². The molecular formula is C12H8Cl2O2. The predicted octanol–water partition coefficient (Wildman–Crippen LogP) is 3.84. The standard InChI is InChI=1S/C12H8Cl2O2/c1-7-4-9(12(15)16-7)5-8-2-3-10(13)11(14)6-8/h2-6H,1H3/b9-5-. The lowest BCUT2D eigenvalue weighted by molar-refractivity contribution is -0.133. The van der Waals surface area contributed by atoms with Crippen molar-refractivity contribution in [1.29, 1.82) is 0 Å². The third-order valence-electron chi connectivity index (χ3n) is 2.11. The van der Waals surface area contributed by atoms with Crippen LogP contribution in [0.4, 0.5) is 0 Å². The van der Waals surface area contributed by atoms with Crippen LogP contribution in [-0.2, 0) is 9.53 Å². The van der Waals surface area contributed by atoms with Crippen LogP contribution in [0.5, 0.6) is 0 Å². The number of hydrogen-bond acceptors (Lipinski definition) is 2. The molecule has 1 aliphatic heterocycles. The Balaban J connectivity index is 2.36. The number of benzene rings is 1. The highest BCUT2D eigenvalue weighted by atomic mass is 35.5. The molecule has 0 bridgehead atoms. The van der Waals surface area contributed by atoms with E-state index >= 15 is 0 Å². The van der Waals surface area contributed by atoms with Crippen LogP contribution in [0.15, 0.2) is 35.6 Å². The zero-order valence-electron chi connectivity index (χ0n) is 8.46. The molecule has 0 aliphatic carbocycles. The molecule has 0 saturated carbocycles. The molecule has 0 amide bonds. The van der Waals surface area contributed by atoms with Gasteiger partial charge in [-0.15, -0.1) is 0 Å². The van der Waals surface area contributed by atoms with E-state index in [2.05, 4.69) is 0 Å². The minimum absolute atomic E-state index is 0.344. The summed E-state index contributed by atoms with van der Waals surface area (Å²) >= 11 is 11.7. The van der Waals surface area contributed by atoms with Gasteiger partial charge < -0.3 is 4.74 Å². The maximum absolute atomic E-state index is 11.3. The van der Waals surface area contributed by atoms with Crippen molar-refractivity contribution in [2.75, 3.05) is 0 Å². The predicted molar refractivity (Wildman–Crippen MR) is 64.3 cm³/mol. The topological polar surface area (TPSA) is 26.3 Å². The van der Waals surface area contributed by atoms with Gasteiger partial charge in [-0.3, -0.25) is 0 Å². The van der Waals surface area contributed by atoms with Gasteiger partial charge in [0, 0.05) is 0 Å².